The number of aryl methyl sites for hydroxylation is 1. The number of nitrogens with one attached hydrogen (secondary N) is 1. The van der Waals surface area contributed by atoms with Crippen molar-refractivity contribution in [1.29, 1.82) is 0 Å². The summed E-state index contributed by atoms with van der Waals surface area (Å²) in [4.78, 5) is 22.8. The van der Waals surface area contributed by atoms with Gasteiger partial charge in [-0.25, -0.2) is 19.3 Å². The van der Waals surface area contributed by atoms with Gasteiger partial charge in [-0.15, -0.1) is 0 Å². The Morgan fingerprint density at radius 3 is 2.47 bits per heavy atom. The van der Waals surface area contributed by atoms with Crippen LogP contribution in [0.25, 0.3) is 0 Å². The lowest BCUT2D eigenvalue weighted by Crippen LogP contribution is -2.48. The van der Waals surface area contributed by atoms with Gasteiger partial charge in [0.1, 0.15) is 28.9 Å². The SMILES string of the molecule is Cc1cc(N2C[C@H]3CC[C@@H](C2)[C@H]3Nc2nc(Cl)c3c(n2)N(c2ccc(F)cc2)C[C@@H]3C)ncn1. The van der Waals surface area contributed by atoms with Gasteiger partial charge in [-0.05, 0) is 55.9 Å². The van der Waals surface area contributed by atoms with Crippen molar-refractivity contribution in [2.24, 2.45) is 11.8 Å². The summed E-state index contributed by atoms with van der Waals surface area (Å²) in [6, 6.07) is 8.87. The predicted octanol–water partition coefficient (Wildman–Crippen LogP) is 4.95. The fourth-order valence-corrected chi connectivity index (χ4v) is 6.18. The van der Waals surface area contributed by atoms with Gasteiger partial charge in [-0.3, -0.25) is 0 Å². The van der Waals surface area contributed by atoms with Gasteiger partial charge < -0.3 is 15.1 Å². The highest BCUT2D eigenvalue weighted by Crippen LogP contribution is 2.44. The van der Waals surface area contributed by atoms with Crippen molar-refractivity contribution in [2.75, 3.05) is 34.8 Å². The van der Waals surface area contributed by atoms with Crippen LogP contribution in [-0.4, -0.2) is 45.6 Å². The first-order valence-electron chi connectivity index (χ1n) is 11.9. The van der Waals surface area contributed by atoms with E-state index in [1.165, 1.54) is 25.0 Å². The van der Waals surface area contributed by atoms with Crippen LogP contribution in [0.3, 0.4) is 0 Å². The van der Waals surface area contributed by atoms with Crippen LogP contribution in [0.2, 0.25) is 5.15 Å². The topological polar surface area (TPSA) is 70.1 Å². The highest BCUT2D eigenvalue weighted by atomic mass is 35.5. The molecule has 34 heavy (non-hydrogen) atoms. The molecule has 2 aromatic heterocycles. The summed E-state index contributed by atoms with van der Waals surface area (Å²) in [5.74, 6) is 3.29. The van der Waals surface area contributed by atoms with Crippen molar-refractivity contribution in [3.05, 3.63) is 58.9 Å². The molecule has 1 N–H and O–H groups in total. The third-order valence-corrected chi connectivity index (χ3v) is 7.75. The first-order valence-corrected chi connectivity index (χ1v) is 12.2. The number of nitrogens with zero attached hydrogens (tertiary/aromatic N) is 6. The number of benzene rings is 1. The molecule has 4 atom stereocenters. The molecule has 1 aromatic carbocycles. The highest BCUT2D eigenvalue weighted by molar-refractivity contribution is 6.30. The van der Waals surface area contributed by atoms with Crippen LogP contribution in [0.15, 0.2) is 36.7 Å². The largest absolute Gasteiger partial charge is 0.356 e. The summed E-state index contributed by atoms with van der Waals surface area (Å²) in [5.41, 5.74) is 2.84. The Hall–Kier alpha value is -3.00. The maximum atomic E-state index is 13.5. The van der Waals surface area contributed by atoms with E-state index in [1.807, 2.05) is 6.92 Å². The Labute approximate surface area is 203 Å². The van der Waals surface area contributed by atoms with Crippen molar-refractivity contribution in [3.63, 3.8) is 0 Å². The molecule has 1 saturated heterocycles. The summed E-state index contributed by atoms with van der Waals surface area (Å²) in [7, 11) is 0. The molecule has 1 aliphatic carbocycles. The molecule has 7 nitrogen and oxygen atoms in total. The lowest BCUT2D eigenvalue weighted by molar-refractivity contribution is 0.374. The van der Waals surface area contributed by atoms with Gasteiger partial charge in [0.25, 0.3) is 0 Å². The summed E-state index contributed by atoms with van der Waals surface area (Å²) in [5, 5.41) is 4.13. The standard InChI is InChI=1S/C25H27ClFN7/c1-14-10-34(19-7-5-18(27)6-8-19)24-21(14)23(26)31-25(32-24)30-22-16-3-4-17(22)12-33(11-16)20-9-15(2)28-13-29-20/h5-9,13-14,16-17,22H,3-4,10-12H2,1-2H3,(H,30,31,32)/t14-,16-,17+,22+/m0/s1. The first kappa shape index (κ1) is 21.5. The normalized spacial score (nSPS) is 25.5. The van der Waals surface area contributed by atoms with Gasteiger partial charge in [-0.1, -0.05) is 18.5 Å². The smallest absolute Gasteiger partial charge is 0.226 e. The molecule has 6 rings (SSSR count). The summed E-state index contributed by atoms with van der Waals surface area (Å²) < 4.78 is 13.5. The van der Waals surface area contributed by atoms with E-state index in [1.54, 1.807) is 18.5 Å². The van der Waals surface area contributed by atoms with Crippen LogP contribution < -0.4 is 15.1 Å². The van der Waals surface area contributed by atoms with Crippen molar-refractivity contribution in [1.82, 2.24) is 19.9 Å². The fourth-order valence-electron chi connectivity index (χ4n) is 5.83. The van der Waals surface area contributed by atoms with E-state index in [0.717, 1.165) is 48.2 Å². The molecule has 0 amide bonds. The lowest BCUT2D eigenvalue weighted by Gasteiger charge is -2.39. The van der Waals surface area contributed by atoms with Gasteiger partial charge >= 0.3 is 0 Å². The molecule has 176 valence electrons. The molecule has 3 aliphatic rings. The highest BCUT2D eigenvalue weighted by Gasteiger charge is 2.43. The molecular weight excluding hydrogens is 453 g/mol. The molecular formula is C25H27ClFN7. The summed E-state index contributed by atoms with van der Waals surface area (Å²) >= 11 is 6.67. The minimum Gasteiger partial charge on any atom is -0.356 e. The molecule has 0 spiro atoms. The van der Waals surface area contributed by atoms with Crippen molar-refractivity contribution in [3.8, 4) is 0 Å². The van der Waals surface area contributed by atoms with Crippen LogP contribution in [0.4, 0.5) is 27.7 Å². The van der Waals surface area contributed by atoms with E-state index in [2.05, 4.69) is 43.1 Å². The Morgan fingerprint density at radius 2 is 1.76 bits per heavy atom. The van der Waals surface area contributed by atoms with Gasteiger partial charge in [-0.2, -0.15) is 4.98 Å². The zero-order chi connectivity index (χ0) is 23.4. The summed E-state index contributed by atoms with van der Waals surface area (Å²) in [6.07, 6.45) is 3.98. The molecule has 2 fully saturated rings. The lowest BCUT2D eigenvalue weighted by atomic mass is 9.92. The number of hydrogen-bond donors (Lipinski definition) is 1. The molecule has 0 radical (unpaired) electrons. The summed E-state index contributed by atoms with van der Waals surface area (Å²) in [6.45, 7) is 6.75. The van der Waals surface area contributed by atoms with Gasteiger partial charge in [0.15, 0.2) is 0 Å². The molecule has 1 saturated carbocycles. The maximum Gasteiger partial charge on any atom is 0.226 e. The number of halogens is 2. The van der Waals surface area contributed by atoms with Crippen molar-refractivity contribution in [2.45, 2.75) is 38.6 Å². The third kappa shape index (κ3) is 3.74. The zero-order valence-electron chi connectivity index (χ0n) is 19.2. The van der Waals surface area contributed by atoms with Crippen LogP contribution in [-0.2, 0) is 0 Å². The van der Waals surface area contributed by atoms with Crippen LogP contribution in [0, 0.1) is 24.6 Å². The second-order valence-corrected chi connectivity index (χ2v) is 10.1. The fraction of sp³-hybridized carbons (Fsp3) is 0.440. The number of fused-ring (bicyclic) bond motifs is 3. The van der Waals surface area contributed by atoms with E-state index in [4.69, 9.17) is 16.6 Å². The van der Waals surface area contributed by atoms with Gasteiger partial charge in [0.2, 0.25) is 5.95 Å². The van der Waals surface area contributed by atoms with E-state index in [0.29, 0.717) is 29.0 Å². The van der Waals surface area contributed by atoms with Crippen molar-refractivity contribution >= 4 is 34.9 Å². The quantitative estimate of drug-likeness (QED) is 0.531. The first-order chi connectivity index (χ1) is 16.5. The predicted molar refractivity (Wildman–Crippen MR) is 131 cm³/mol. The molecule has 2 bridgehead atoms. The molecule has 2 aliphatic heterocycles. The minimum atomic E-state index is -0.252. The number of aromatic nitrogens is 4. The van der Waals surface area contributed by atoms with Crippen molar-refractivity contribution < 1.29 is 4.39 Å². The second kappa shape index (κ2) is 8.34. The maximum absolute atomic E-state index is 13.5. The monoisotopic (exact) mass is 479 g/mol. The van der Waals surface area contributed by atoms with E-state index >= 15 is 0 Å². The molecule has 0 unspecified atom stereocenters. The van der Waals surface area contributed by atoms with E-state index < -0.39 is 0 Å². The van der Waals surface area contributed by atoms with E-state index in [-0.39, 0.29) is 11.7 Å². The average Bonchev–Trinajstić information content (AvgIpc) is 3.25. The Balaban J connectivity index is 1.25. The van der Waals surface area contributed by atoms with Crippen LogP contribution in [0.1, 0.15) is 36.9 Å². The van der Waals surface area contributed by atoms with Gasteiger partial charge in [0, 0.05) is 54.6 Å². The Bertz CT molecular complexity index is 1210. The number of anilines is 4. The minimum absolute atomic E-state index is 0.192. The van der Waals surface area contributed by atoms with Crippen LogP contribution >= 0.6 is 11.6 Å². The second-order valence-electron chi connectivity index (χ2n) is 9.75. The number of piperidine rings is 1. The molecule has 3 aromatic rings. The average molecular weight is 480 g/mol. The molecule has 4 heterocycles. The number of rotatable bonds is 4. The Morgan fingerprint density at radius 1 is 1.03 bits per heavy atom. The van der Waals surface area contributed by atoms with Gasteiger partial charge in [0.05, 0.1) is 0 Å². The number of hydrogen-bond acceptors (Lipinski definition) is 7. The molecule has 9 heteroatoms. The Kier molecular flexibility index (Phi) is 5.28. The van der Waals surface area contributed by atoms with E-state index in [9.17, 15) is 4.39 Å². The van der Waals surface area contributed by atoms with Crippen LogP contribution in [0.5, 0.6) is 0 Å². The third-order valence-electron chi connectivity index (χ3n) is 7.47. The zero-order valence-corrected chi connectivity index (χ0v) is 20.0.